The summed E-state index contributed by atoms with van der Waals surface area (Å²) >= 11 is 0. The van der Waals surface area contributed by atoms with Crippen molar-refractivity contribution in [1.29, 1.82) is 0 Å². The van der Waals surface area contributed by atoms with E-state index in [1.807, 2.05) is 4.90 Å². The number of amides is 1. The first kappa shape index (κ1) is 16.2. The molecule has 1 spiro atoms. The van der Waals surface area contributed by atoms with Gasteiger partial charge in [-0.25, -0.2) is 4.39 Å². The Hall–Kier alpha value is -1.13. The van der Waals surface area contributed by atoms with Crippen molar-refractivity contribution in [3.8, 4) is 0 Å². The monoisotopic (exact) mass is 312 g/mol. The Balaban J connectivity index is 0.00000161. The molecule has 1 amide bonds. The predicted octanol–water partition coefficient (Wildman–Crippen LogP) is 2.39. The molecule has 0 aromatic heterocycles. The summed E-state index contributed by atoms with van der Waals surface area (Å²) in [5, 5.41) is 3.37. The van der Waals surface area contributed by atoms with Crippen LogP contribution in [0.3, 0.4) is 0 Å². The normalized spacial score (nSPS) is 20.3. The van der Waals surface area contributed by atoms with Crippen LogP contribution < -0.4 is 5.32 Å². The fourth-order valence-corrected chi connectivity index (χ4v) is 3.43. The van der Waals surface area contributed by atoms with Gasteiger partial charge in [-0.15, -0.1) is 12.4 Å². The van der Waals surface area contributed by atoms with Gasteiger partial charge in [0.15, 0.2) is 0 Å². The number of hydrogen-bond donors (Lipinski definition) is 1. The number of likely N-dealkylation sites (tertiary alicyclic amines) is 1. The van der Waals surface area contributed by atoms with Gasteiger partial charge in [-0.2, -0.15) is 0 Å². The van der Waals surface area contributed by atoms with E-state index in [9.17, 15) is 9.18 Å². The maximum atomic E-state index is 13.6. The van der Waals surface area contributed by atoms with Crippen LogP contribution in [0.1, 0.15) is 24.8 Å². The third kappa shape index (κ3) is 3.55. The average molecular weight is 313 g/mol. The molecule has 21 heavy (non-hydrogen) atoms. The van der Waals surface area contributed by atoms with Gasteiger partial charge in [-0.05, 0) is 49.4 Å². The smallest absolute Gasteiger partial charge is 0.227 e. The summed E-state index contributed by atoms with van der Waals surface area (Å²) in [6.45, 7) is 3.78. The molecule has 2 aliphatic rings. The number of hydrogen-bond acceptors (Lipinski definition) is 2. The minimum atomic E-state index is -0.281. The highest BCUT2D eigenvalue weighted by atomic mass is 35.5. The highest BCUT2D eigenvalue weighted by Crippen LogP contribution is 2.38. The average Bonchev–Trinajstić information content (AvgIpc) is 2.86. The van der Waals surface area contributed by atoms with E-state index in [2.05, 4.69) is 5.32 Å². The summed E-state index contributed by atoms with van der Waals surface area (Å²) < 4.78 is 13.6. The third-order valence-corrected chi connectivity index (χ3v) is 4.75. The number of nitrogens with zero attached hydrogens (tertiary/aromatic N) is 1. The van der Waals surface area contributed by atoms with Crippen molar-refractivity contribution in [1.82, 2.24) is 10.2 Å². The number of halogens is 2. The SMILES string of the molecule is Cl.O=C(Cc1ccccc1F)N1CCC2(CCNCC2)C1. The summed E-state index contributed by atoms with van der Waals surface area (Å²) in [6.07, 6.45) is 3.58. The fourth-order valence-electron chi connectivity index (χ4n) is 3.43. The molecule has 2 saturated heterocycles. The molecular formula is C16H22ClFN2O. The molecule has 0 bridgehead atoms. The van der Waals surface area contributed by atoms with Crippen LogP contribution in [0.4, 0.5) is 4.39 Å². The number of rotatable bonds is 2. The highest BCUT2D eigenvalue weighted by molar-refractivity contribution is 5.85. The van der Waals surface area contributed by atoms with E-state index in [0.717, 1.165) is 45.4 Å². The summed E-state index contributed by atoms with van der Waals surface area (Å²) in [6, 6.07) is 6.55. The van der Waals surface area contributed by atoms with E-state index >= 15 is 0 Å². The quantitative estimate of drug-likeness (QED) is 0.909. The standard InChI is InChI=1S/C16H21FN2O.ClH/c17-14-4-2-1-3-13(14)11-15(20)19-10-7-16(12-19)5-8-18-9-6-16;/h1-4,18H,5-12H2;1H. The van der Waals surface area contributed by atoms with Crippen molar-refractivity contribution >= 4 is 18.3 Å². The van der Waals surface area contributed by atoms with Crippen LogP contribution in [0.2, 0.25) is 0 Å². The molecule has 1 N–H and O–H groups in total. The molecule has 2 heterocycles. The van der Waals surface area contributed by atoms with Crippen LogP contribution in [0.5, 0.6) is 0 Å². The zero-order valence-electron chi connectivity index (χ0n) is 12.1. The number of piperidine rings is 1. The van der Waals surface area contributed by atoms with Gasteiger partial charge in [0.2, 0.25) is 5.91 Å². The van der Waals surface area contributed by atoms with Crippen LogP contribution in [-0.2, 0) is 11.2 Å². The Morgan fingerprint density at radius 3 is 2.67 bits per heavy atom. The Morgan fingerprint density at radius 1 is 1.24 bits per heavy atom. The first-order valence-electron chi connectivity index (χ1n) is 7.40. The predicted molar refractivity (Wildman–Crippen MR) is 83.1 cm³/mol. The minimum absolute atomic E-state index is 0. The zero-order chi connectivity index (χ0) is 14.0. The van der Waals surface area contributed by atoms with Gasteiger partial charge in [0.05, 0.1) is 6.42 Å². The molecule has 0 saturated carbocycles. The molecule has 0 aliphatic carbocycles. The number of carbonyl (C=O) groups is 1. The molecule has 3 rings (SSSR count). The summed E-state index contributed by atoms with van der Waals surface area (Å²) in [5.74, 6) is -0.220. The van der Waals surface area contributed by atoms with Crippen molar-refractivity contribution in [2.75, 3.05) is 26.2 Å². The first-order chi connectivity index (χ1) is 9.69. The largest absolute Gasteiger partial charge is 0.342 e. The third-order valence-electron chi connectivity index (χ3n) is 4.75. The molecule has 1 aromatic rings. The van der Waals surface area contributed by atoms with E-state index in [1.54, 1.807) is 18.2 Å². The van der Waals surface area contributed by atoms with Crippen molar-refractivity contribution in [3.63, 3.8) is 0 Å². The second-order valence-corrected chi connectivity index (χ2v) is 6.08. The van der Waals surface area contributed by atoms with Crippen molar-refractivity contribution in [2.24, 2.45) is 5.41 Å². The van der Waals surface area contributed by atoms with Gasteiger partial charge in [-0.1, -0.05) is 18.2 Å². The maximum absolute atomic E-state index is 13.6. The number of carbonyl (C=O) groups excluding carboxylic acids is 1. The Morgan fingerprint density at radius 2 is 1.95 bits per heavy atom. The van der Waals surface area contributed by atoms with E-state index < -0.39 is 0 Å². The zero-order valence-corrected chi connectivity index (χ0v) is 12.9. The van der Waals surface area contributed by atoms with Gasteiger partial charge in [0, 0.05) is 13.1 Å². The molecule has 3 nitrogen and oxygen atoms in total. The van der Waals surface area contributed by atoms with E-state index in [4.69, 9.17) is 0 Å². The summed E-state index contributed by atoms with van der Waals surface area (Å²) in [4.78, 5) is 14.3. The van der Waals surface area contributed by atoms with Crippen LogP contribution in [0.25, 0.3) is 0 Å². The molecule has 2 aliphatic heterocycles. The van der Waals surface area contributed by atoms with Crippen molar-refractivity contribution in [2.45, 2.75) is 25.7 Å². The topological polar surface area (TPSA) is 32.3 Å². The lowest BCUT2D eigenvalue weighted by atomic mass is 9.78. The molecule has 2 fully saturated rings. The molecule has 1 aromatic carbocycles. The fraction of sp³-hybridized carbons (Fsp3) is 0.562. The van der Waals surface area contributed by atoms with Gasteiger partial charge in [-0.3, -0.25) is 4.79 Å². The van der Waals surface area contributed by atoms with E-state index in [1.165, 1.54) is 6.07 Å². The lowest BCUT2D eigenvalue weighted by Crippen LogP contribution is -2.40. The molecule has 116 valence electrons. The number of benzene rings is 1. The Kier molecular flexibility index (Phi) is 5.22. The van der Waals surface area contributed by atoms with Gasteiger partial charge in [0.1, 0.15) is 5.82 Å². The molecular weight excluding hydrogens is 291 g/mol. The molecule has 5 heteroatoms. The number of nitrogens with one attached hydrogen (secondary N) is 1. The highest BCUT2D eigenvalue weighted by Gasteiger charge is 2.40. The first-order valence-corrected chi connectivity index (χ1v) is 7.40. The van der Waals surface area contributed by atoms with Crippen LogP contribution in [-0.4, -0.2) is 37.0 Å². The van der Waals surface area contributed by atoms with Gasteiger partial charge < -0.3 is 10.2 Å². The summed E-state index contributed by atoms with van der Waals surface area (Å²) in [7, 11) is 0. The van der Waals surface area contributed by atoms with E-state index in [0.29, 0.717) is 11.0 Å². The van der Waals surface area contributed by atoms with Gasteiger partial charge >= 0.3 is 0 Å². The van der Waals surface area contributed by atoms with Gasteiger partial charge in [0.25, 0.3) is 0 Å². The molecule has 0 atom stereocenters. The van der Waals surface area contributed by atoms with Crippen LogP contribution in [0.15, 0.2) is 24.3 Å². The molecule has 0 unspecified atom stereocenters. The Bertz CT molecular complexity index is 503. The van der Waals surface area contributed by atoms with Crippen molar-refractivity contribution in [3.05, 3.63) is 35.6 Å². The lowest BCUT2D eigenvalue weighted by Gasteiger charge is -2.33. The van der Waals surface area contributed by atoms with E-state index in [-0.39, 0.29) is 30.6 Å². The second kappa shape index (κ2) is 6.75. The second-order valence-electron chi connectivity index (χ2n) is 6.08. The van der Waals surface area contributed by atoms with Crippen molar-refractivity contribution < 1.29 is 9.18 Å². The van der Waals surface area contributed by atoms with Crippen LogP contribution >= 0.6 is 12.4 Å². The minimum Gasteiger partial charge on any atom is -0.342 e. The Labute approximate surface area is 131 Å². The lowest BCUT2D eigenvalue weighted by molar-refractivity contribution is -0.130. The molecule has 0 radical (unpaired) electrons. The van der Waals surface area contributed by atoms with Crippen LogP contribution in [0, 0.1) is 11.2 Å². The summed E-state index contributed by atoms with van der Waals surface area (Å²) in [5.41, 5.74) is 0.819. The maximum Gasteiger partial charge on any atom is 0.227 e.